The Morgan fingerprint density at radius 2 is 1.82 bits per heavy atom. The minimum absolute atomic E-state index is 0.0225. The molecule has 2 aromatic carbocycles. The summed E-state index contributed by atoms with van der Waals surface area (Å²) in [7, 11) is 1.62. The number of carbonyl (C=O) groups is 3. The van der Waals surface area contributed by atoms with Gasteiger partial charge >= 0.3 is 6.09 Å². The summed E-state index contributed by atoms with van der Waals surface area (Å²) in [6, 6.07) is 9.84. The zero-order valence-electron chi connectivity index (χ0n) is 19.0. The quantitative estimate of drug-likeness (QED) is 0.722. The second-order valence-corrected chi connectivity index (χ2v) is 9.06. The van der Waals surface area contributed by atoms with Crippen molar-refractivity contribution in [3.8, 4) is 0 Å². The lowest BCUT2D eigenvalue weighted by atomic mass is 10.1. The molecule has 1 aliphatic heterocycles. The first-order valence-electron chi connectivity index (χ1n) is 10.5. The Morgan fingerprint density at radius 1 is 1.15 bits per heavy atom. The van der Waals surface area contributed by atoms with Crippen molar-refractivity contribution in [3.05, 3.63) is 59.7 Å². The lowest BCUT2D eigenvalue weighted by molar-refractivity contribution is -0.122. The molecule has 7 nitrogen and oxygen atoms in total. The highest BCUT2D eigenvalue weighted by Crippen LogP contribution is 2.27. The van der Waals surface area contributed by atoms with E-state index >= 15 is 0 Å². The van der Waals surface area contributed by atoms with Crippen molar-refractivity contribution in [2.45, 2.75) is 39.3 Å². The van der Waals surface area contributed by atoms with Crippen LogP contribution in [0.2, 0.25) is 0 Å². The van der Waals surface area contributed by atoms with Gasteiger partial charge in [0.25, 0.3) is 0 Å². The smallest absolute Gasteiger partial charge is 0.410 e. The number of halogens is 2. The Labute approximate surface area is 191 Å². The first-order valence-corrected chi connectivity index (χ1v) is 10.5. The van der Waals surface area contributed by atoms with Crippen molar-refractivity contribution in [1.82, 2.24) is 4.90 Å². The molecule has 2 aromatic rings. The van der Waals surface area contributed by atoms with E-state index in [1.165, 1.54) is 9.80 Å². The molecule has 1 saturated heterocycles. The maximum absolute atomic E-state index is 13.5. The van der Waals surface area contributed by atoms with Gasteiger partial charge in [-0.3, -0.25) is 9.59 Å². The van der Waals surface area contributed by atoms with Crippen molar-refractivity contribution in [3.63, 3.8) is 0 Å². The minimum atomic E-state index is -0.793. The number of amides is 3. The number of nitrogens with one attached hydrogen (secondary N) is 1. The first-order chi connectivity index (χ1) is 15.4. The van der Waals surface area contributed by atoms with E-state index in [9.17, 15) is 23.2 Å². The van der Waals surface area contributed by atoms with Gasteiger partial charge in [-0.25, -0.2) is 13.6 Å². The van der Waals surface area contributed by atoms with Crippen LogP contribution in [0, 0.1) is 17.6 Å². The van der Waals surface area contributed by atoms with Crippen LogP contribution in [0.4, 0.5) is 25.0 Å². The molecular formula is C24H27F2N3O4. The fourth-order valence-electron chi connectivity index (χ4n) is 3.50. The predicted molar refractivity (Wildman–Crippen MR) is 120 cm³/mol. The summed E-state index contributed by atoms with van der Waals surface area (Å²) in [5.41, 5.74) is 0.767. The van der Waals surface area contributed by atoms with Crippen LogP contribution < -0.4 is 10.2 Å². The zero-order valence-corrected chi connectivity index (χ0v) is 19.0. The zero-order chi connectivity index (χ0) is 24.3. The molecule has 1 aliphatic rings. The third-order valence-electron chi connectivity index (χ3n) is 4.97. The van der Waals surface area contributed by atoms with Crippen molar-refractivity contribution in [2.24, 2.45) is 5.92 Å². The molecule has 1 atom stereocenters. The number of hydrogen-bond acceptors (Lipinski definition) is 4. The number of anilines is 2. The fourth-order valence-corrected chi connectivity index (χ4v) is 3.50. The molecule has 3 rings (SSSR count). The average molecular weight is 459 g/mol. The van der Waals surface area contributed by atoms with Crippen molar-refractivity contribution < 1.29 is 27.9 Å². The van der Waals surface area contributed by atoms with Crippen molar-refractivity contribution in [1.29, 1.82) is 0 Å². The molecule has 0 saturated carbocycles. The van der Waals surface area contributed by atoms with E-state index in [1.807, 2.05) is 6.07 Å². The normalized spacial score (nSPS) is 16.0. The molecule has 1 unspecified atom stereocenters. The second kappa shape index (κ2) is 9.56. The summed E-state index contributed by atoms with van der Waals surface area (Å²) in [6.07, 6.45) is -0.527. The molecule has 0 spiro atoms. The number of benzene rings is 2. The van der Waals surface area contributed by atoms with Crippen LogP contribution >= 0.6 is 0 Å². The van der Waals surface area contributed by atoms with Gasteiger partial charge in [-0.05, 0) is 50.6 Å². The van der Waals surface area contributed by atoms with Gasteiger partial charge in [0.05, 0.1) is 5.92 Å². The maximum Gasteiger partial charge on any atom is 0.410 e. The molecule has 0 aromatic heterocycles. The molecule has 1 heterocycles. The Bertz CT molecular complexity index is 1050. The van der Waals surface area contributed by atoms with Gasteiger partial charge in [-0.2, -0.15) is 0 Å². The van der Waals surface area contributed by atoms with Crippen LogP contribution in [0.5, 0.6) is 0 Å². The average Bonchev–Trinajstić information content (AvgIpc) is 3.08. The second-order valence-electron chi connectivity index (χ2n) is 9.06. The molecule has 1 fully saturated rings. The largest absolute Gasteiger partial charge is 0.444 e. The van der Waals surface area contributed by atoms with Gasteiger partial charge in [0.2, 0.25) is 11.8 Å². The van der Waals surface area contributed by atoms with Gasteiger partial charge in [0.15, 0.2) is 0 Å². The van der Waals surface area contributed by atoms with E-state index in [1.54, 1.807) is 46.0 Å². The minimum Gasteiger partial charge on any atom is -0.444 e. The van der Waals surface area contributed by atoms with Gasteiger partial charge in [0, 0.05) is 44.0 Å². The first kappa shape index (κ1) is 24.2. The molecule has 9 heteroatoms. The van der Waals surface area contributed by atoms with Crippen LogP contribution in [-0.2, 0) is 20.9 Å². The van der Waals surface area contributed by atoms with E-state index in [2.05, 4.69) is 5.32 Å². The molecule has 176 valence electrons. The standard InChI is InChI=1S/C24H27F2N3O4/c1-24(2,3)33-23(32)28(4)13-15-6-5-7-19(8-15)27-22(31)16-9-21(30)29(14-16)20-11-17(25)10-18(26)12-20/h5-8,10-12,16H,9,13-14H2,1-4H3,(H,27,31). The highest BCUT2D eigenvalue weighted by atomic mass is 19.1. The number of nitrogens with zero attached hydrogens (tertiary/aromatic N) is 2. The number of rotatable bonds is 5. The summed E-state index contributed by atoms with van der Waals surface area (Å²) < 4.78 is 32.4. The van der Waals surface area contributed by atoms with Crippen molar-refractivity contribution >= 4 is 29.3 Å². The summed E-state index contributed by atoms with van der Waals surface area (Å²) in [5, 5.41) is 2.78. The predicted octanol–water partition coefficient (Wildman–Crippen LogP) is 4.32. The van der Waals surface area contributed by atoms with E-state index in [-0.39, 0.29) is 37.0 Å². The van der Waals surface area contributed by atoms with E-state index < -0.39 is 29.2 Å². The molecule has 33 heavy (non-hydrogen) atoms. The van der Waals surface area contributed by atoms with Crippen LogP contribution in [0.25, 0.3) is 0 Å². The Morgan fingerprint density at radius 3 is 2.45 bits per heavy atom. The maximum atomic E-state index is 13.5. The Hall–Kier alpha value is -3.49. The van der Waals surface area contributed by atoms with Crippen LogP contribution in [0.3, 0.4) is 0 Å². The monoisotopic (exact) mass is 459 g/mol. The highest BCUT2D eigenvalue weighted by Gasteiger charge is 2.35. The lowest BCUT2D eigenvalue weighted by Gasteiger charge is -2.24. The Balaban J connectivity index is 1.63. The van der Waals surface area contributed by atoms with Crippen LogP contribution in [-0.4, -0.2) is 42.0 Å². The van der Waals surface area contributed by atoms with Crippen LogP contribution in [0.15, 0.2) is 42.5 Å². The molecule has 0 aliphatic carbocycles. The van der Waals surface area contributed by atoms with Crippen LogP contribution in [0.1, 0.15) is 32.8 Å². The summed E-state index contributed by atoms with van der Waals surface area (Å²) in [4.78, 5) is 39.9. The topological polar surface area (TPSA) is 79.0 Å². The molecule has 0 bridgehead atoms. The number of carbonyl (C=O) groups excluding carboxylic acids is 3. The third kappa shape index (κ3) is 6.50. The van der Waals surface area contributed by atoms with E-state index in [4.69, 9.17) is 4.74 Å². The lowest BCUT2D eigenvalue weighted by Crippen LogP contribution is -2.33. The third-order valence-corrected chi connectivity index (χ3v) is 4.97. The summed E-state index contributed by atoms with van der Waals surface area (Å²) >= 11 is 0. The summed E-state index contributed by atoms with van der Waals surface area (Å²) in [6.45, 7) is 5.66. The van der Waals surface area contributed by atoms with Gasteiger partial charge in [0.1, 0.15) is 17.2 Å². The van der Waals surface area contributed by atoms with Gasteiger partial charge < -0.3 is 19.9 Å². The molecule has 3 amide bonds. The number of hydrogen-bond donors (Lipinski definition) is 1. The highest BCUT2D eigenvalue weighted by molar-refractivity contribution is 6.03. The van der Waals surface area contributed by atoms with E-state index in [0.29, 0.717) is 5.69 Å². The van der Waals surface area contributed by atoms with Crippen molar-refractivity contribution in [2.75, 3.05) is 23.8 Å². The number of ether oxygens (including phenoxy) is 1. The fraction of sp³-hybridized carbons (Fsp3) is 0.375. The molecule has 1 N–H and O–H groups in total. The Kier molecular flexibility index (Phi) is 7.00. The van der Waals surface area contributed by atoms with Gasteiger partial charge in [-0.1, -0.05) is 12.1 Å². The SMILES string of the molecule is CN(Cc1cccc(NC(=O)C2CC(=O)N(c3cc(F)cc(F)c3)C2)c1)C(=O)OC(C)(C)C. The molecular weight excluding hydrogens is 432 g/mol. The van der Waals surface area contributed by atoms with Gasteiger partial charge in [-0.15, -0.1) is 0 Å². The summed E-state index contributed by atoms with van der Waals surface area (Å²) in [5.74, 6) is -3.01. The molecule has 0 radical (unpaired) electrons. The van der Waals surface area contributed by atoms with E-state index in [0.717, 1.165) is 23.8 Å².